The summed E-state index contributed by atoms with van der Waals surface area (Å²) in [5, 5.41) is 11.0. The molecule has 4 heteroatoms. The molecule has 0 radical (unpaired) electrons. The van der Waals surface area contributed by atoms with Crippen LogP contribution in [0.5, 0.6) is 5.75 Å². The van der Waals surface area contributed by atoms with Crippen LogP contribution >= 0.6 is 0 Å². The van der Waals surface area contributed by atoms with Gasteiger partial charge in [-0.1, -0.05) is 24.3 Å². The minimum absolute atomic E-state index is 0.0462. The van der Waals surface area contributed by atoms with E-state index in [4.69, 9.17) is 9.47 Å². The van der Waals surface area contributed by atoms with Crippen molar-refractivity contribution in [3.05, 3.63) is 42.0 Å². The first kappa shape index (κ1) is 15.5. The molecule has 21 heavy (non-hydrogen) atoms. The van der Waals surface area contributed by atoms with Gasteiger partial charge in [0.2, 0.25) is 0 Å². The molecular formula is C17H20O4. The van der Waals surface area contributed by atoms with Gasteiger partial charge in [0, 0.05) is 17.6 Å². The Hall–Kier alpha value is -1.91. The molecule has 0 unspecified atom stereocenters. The van der Waals surface area contributed by atoms with E-state index in [1.165, 1.54) is 0 Å². The molecule has 2 aromatic rings. The van der Waals surface area contributed by atoms with Crippen LogP contribution in [0.25, 0.3) is 10.8 Å². The average molecular weight is 288 g/mol. The maximum Gasteiger partial charge on any atom is 0.189 e. The fraction of sp³-hybridized carbons (Fsp3) is 0.353. The number of rotatable bonds is 7. The summed E-state index contributed by atoms with van der Waals surface area (Å²) >= 11 is 0. The summed E-state index contributed by atoms with van der Waals surface area (Å²) in [5.74, 6) is 0.620. The fourth-order valence-corrected chi connectivity index (χ4v) is 2.12. The SMILES string of the molecule is CCOCC(=O)c1ccc(OC[C@@H](C)O)c2ccccc12. The molecule has 0 spiro atoms. The Bertz CT molecular complexity index is 619. The van der Waals surface area contributed by atoms with Gasteiger partial charge in [-0.2, -0.15) is 0 Å². The van der Waals surface area contributed by atoms with E-state index >= 15 is 0 Å². The molecule has 0 saturated heterocycles. The van der Waals surface area contributed by atoms with E-state index in [0.717, 1.165) is 10.8 Å². The molecule has 2 rings (SSSR count). The van der Waals surface area contributed by atoms with Gasteiger partial charge in [0.25, 0.3) is 0 Å². The Kier molecular flexibility index (Phi) is 5.31. The van der Waals surface area contributed by atoms with Crippen molar-refractivity contribution >= 4 is 16.6 Å². The van der Waals surface area contributed by atoms with Crippen molar-refractivity contribution in [3.63, 3.8) is 0 Å². The zero-order valence-electron chi connectivity index (χ0n) is 12.3. The monoisotopic (exact) mass is 288 g/mol. The van der Waals surface area contributed by atoms with E-state index in [1.54, 1.807) is 19.1 Å². The number of carbonyl (C=O) groups excluding carboxylic acids is 1. The molecule has 0 aliphatic carbocycles. The van der Waals surface area contributed by atoms with Gasteiger partial charge in [-0.3, -0.25) is 4.79 Å². The number of aliphatic hydroxyl groups is 1. The Labute approximate surface area is 124 Å². The summed E-state index contributed by atoms with van der Waals surface area (Å²) in [6.07, 6.45) is -0.539. The van der Waals surface area contributed by atoms with Crippen molar-refractivity contribution in [2.75, 3.05) is 19.8 Å². The van der Waals surface area contributed by atoms with Crippen LogP contribution in [-0.2, 0) is 4.74 Å². The highest BCUT2D eigenvalue weighted by Gasteiger charge is 2.13. The first-order valence-electron chi connectivity index (χ1n) is 7.07. The van der Waals surface area contributed by atoms with Crippen LogP contribution in [0.15, 0.2) is 36.4 Å². The third kappa shape index (κ3) is 3.80. The van der Waals surface area contributed by atoms with Gasteiger partial charge < -0.3 is 14.6 Å². The van der Waals surface area contributed by atoms with E-state index in [9.17, 15) is 9.90 Å². The molecule has 0 aliphatic rings. The minimum atomic E-state index is -0.539. The number of hydrogen-bond acceptors (Lipinski definition) is 4. The lowest BCUT2D eigenvalue weighted by Gasteiger charge is -2.13. The molecule has 0 aromatic heterocycles. The second kappa shape index (κ2) is 7.20. The summed E-state index contributed by atoms with van der Waals surface area (Å²) in [6, 6.07) is 11.1. The zero-order chi connectivity index (χ0) is 15.2. The molecule has 0 bridgehead atoms. The lowest BCUT2D eigenvalue weighted by Crippen LogP contribution is -2.13. The van der Waals surface area contributed by atoms with Crippen molar-refractivity contribution in [2.24, 2.45) is 0 Å². The van der Waals surface area contributed by atoms with Crippen LogP contribution in [-0.4, -0.2) is 36.8 Å². The van der Waals surface area contributed by atoms with E-state index in [1.807, 2.05) is 31.2 Å². The largest absolute Gasteiger partial charge is 0.490 e. The molecule has 0 aliphatic heterocycles. The molecule has 0 heterocycles. The minimum Gasteiger partial charge on any atom is -0.490 e. The summed E-state index contributed by atoms with van der Waals surface area (Å²) in [4.78, 5) is 12.2. The molecule has 2 aromatic carbocycles. The molecular weight excluding hydrogens is 268 g/mol. The first-order valence-corrected chi connectivity index (χ1v) is 7.07. The van der Waals surface area contributed by atoms with E-state index in [0.29, 0.717) is 17.9 Å². The van der Waals surface area contributed by atoms with Gasteiger partial charge in [-0.25, -0.2) is 0 Å². The van der Waals surface area contributed by atoms with Gasteiger partial charge >= 0.3 is 0 Å². The third-order valence-electron chi connectivity index (χ3n) is 3.10. The molecule has 1 N–H and O–H groups in total. The van der Waals surface area contributed by atoms with E-state index < -0.39 is 6.10 Å². The van der Waals surface area contributed by atoms with Gasteiger partial charge in [0.05, 0.1) is 6.10 Å². The molecule has 0 saturated carbocycles. The standard InChI is InChI=1S/C17H20O4/c1-3-20-11-16(19)14-8-9-17(21-10-12(2)18)15-7-5-4-6-13(14)15/h4-9,12,18H,3,10-11H2,1-2H3/t12-/m1/s1. The number of hydrogen-bond donors (Lipinski definition) is 1. The summed E-state index contributed by atoms with van der Waals surface area (Å²) in [6.45, 7) is 4.34. The Balaban J connectivity index is 2.37. The van der Waals surface area contributed by atoms with Crippen LogP contribution in [0.2, 0.25) is 0 Å². The fourth-order valence-electron chi connectivity index (χ4n) is 2.12. The predicted octanol–water partition coefficient (Wildman–Crippen LogP) is 2.82. The van der Waals surface area contributed by atoms with Gasteiger partial charge in [-0.05, 0) is 31.4 Å². The molecule has 1 atom stereocenters. The van der Waals surface area contributed by atoms with Crippen molar-refractivity contribution in [1.29, 1.82) is 0 Å². The third-order valence-corrected chi connectivity index (χ3v) is 3.10. The second-order valence-corrected chi connectivity index (χ2v) is 4.88. The lowest BCUT2D eigenvalue weighted by atomic mass is 10.0. The lowest BCUT2D eigenvalue weighted by molar-refractivity contribution is 0.0785. The number of Topliss-reactive ketones (excluding diaryl/α,β-unsaturated/α-hetero) is 1. The highest BCUT2D eigenvalue weighted by atomic mass is 16.5. The number of benzene rings is 2. The average Bonchev–Trinajstić information content (AvgIpc) is 2.50. The van der Waals surface area contributed by atoms with Crippen LogP contribution in [0, 0.1) is 0 Å². The van der Waals surface area contributed by atoms with Gasteiger partial charge in [-0.15, -0.1) is 0 Å². The van der Waals surface area contributed by atoms with E-state index in [-0.39, 0.29) is 19.0 Å². The van der Waals surface area contributed by atoms with Gasteiger partial charge in [0.15, 0.2) is 5.78 Å². The second-order valence-electron chi connectivity index (χ2n) is 4.88. The maximum absolute atomic E-state index is 12.2. The number of carbonyl (C=O) groups is 1. The van der Waals surface area contributed by atoms with Crippen LogP contribution < -0.4 is 4.74 Å². The first-order chi connectivity index (χ1) is 10.1. The number of fused-ring (bicyclic) bond motifs is 1. The molecule has 4 nitrogen and oxygen atoms in total. The Morgan fingerprint density at radius 3 is 2.57 bits per heavy atom. The number of aliphatic hydroxyl groups excluding tert-OH is 1. The van der Waals surface area contributed by atoms with Crippen molar-refractivity contribution in [3.8, 4) is 5.75 Å². The zero-order valence-corrected chi connectivity index (χ0v) is 12.3. The van der Waals surface area contributed by atoms with Crippen LogP contribution in [0.3, 0.4) is 0 Å². The molecule has 0 amide bonds. The van der Waals surface area contributed by atoms with Gasteiger partial charge in [0.1, 0.15) is 19.0 Å². The smallest absolute Gasteiger partial charge is 0.189 e. The van der Waals surface area contributed by atoms with E-state index in [2.05, 4.69) is 0 Å². The highest BCUT2D eigenvalue weighted by molar-refractivity contribution is 6.10. The summed E-state index contributed by atoms with van der Waals surface area (Å²) in [5.41, 5.74) is 0.628. The molecule has 0 fully saturated rings. The quantitative estimate of drug-likeness (QED) is 0.796. The van der Waals surface area contributed by atoms with Crippen LogP contribution in [0.1, 0.15) is 24.2 Å². The summed E-state index contributed by atoms with van der Waals surface area (Å²) < 4.78 is 10.8. The number of ketones is 1. The normalized spacial score (nSPS) is 12.3. The van der Waals surface area contributed by atoms with Crippen molar-refractivity contribution in [2.45, 2.75) is 20.0 Å². The Morgan fingerprint density at radius 2 is 1.90 bits per heavy atom. The Morgan fingerprint density at radius 1 is 1.19 bits per heavy atom. The predicted molar refractivity (Wildman–Crippen MR) is 81.9 cm³/mol. The number of ether oxygens (including phenoxy) is 2. The van der Waals surface area contributed by atoms with Crippen molar-refractivity contribution in [1.82, 2.24) is 0 Å². The van der Waals surface area contributed by atoms with Crippen LogP contribution in [0.4, 0.5) is 0 Å². The highest BCUT2D eigenvalue weighted by Crippen LogP contribution is 2.29. The summed E-state index contributed by atoms with van der Waals surface area (Å²) in [7, 11) is 0. The topological polar surface area (TPSA) is 55.8 Å². The maximum atomic E-state index is 12.2. The molecule has 112 valence electrons. The van der Waals surface area contributed by atoms with Crippen molar-refractivity contribution < 1.29 is 19.4 Å².